The molecule has 10 aromatic rings. The molecule has 0 fully saturated rings. The average Bonchev–Trinajstić information content (AvgIpc) is 3.79. The van der Waals surface area contributed by atoms with Crippen LogP contribution >= 0.6 is 0 Å². The first-order chi connectivity index (χ1) is 33.0. The third-order valence-corrected chi connectivity index (χ3v) is 14.9. The van der Waals surface area contributed by atoms with Crippen LogP contribution in [-0.4, -0.2) is 4.57 Å². The van der Waals surface area contributed by atoms with Gasteiger partial charge in [-0.3, -0.25) is 0 Å². The highest BCUT2D eigenvalue weighted by Crippen LogP contribution is 2.51. The Morgan fingerprint density at radius 1 is 0.391 bits per heavy atom. The number of aromatic nitrogens is 1. The van der Waals surface area contributed by atoms with Gasteiger partial charge in [0.15, 0.2) is 0 Å². The van der Waals surface area contributed by atoms with Crippen molar-refractivity contribution >= 4 is 38.9 Å². The molecule has 2 nitrogen and oxygen atoms in total. The zero-order chi connectivity index (χ0) is 48.0. The molecule has 1 aliphatic rings. The first-order valence-corrected chi connectivity index (χ1v) is 24.7. The van der Waals surface area contributed by atoms with Gasteiger partial charge in [0, 0.05) is 38.9 Å². The average molecular weight is 895 g/mol. The van der Waals surface area contributed by atoms with Crippen LogP contribution in [-0.2, 0) is 16.2 Å². The van der Waals surface area contributed by atoms with Crippen LogP contribution in [0, 0.1) is 13.8 Å². The van der Waals surface area contributed by atoms with Crippen LogP contribution in [0.3, 0.4) is 0 Å². The molecule has 2 heteroatoms. The van der Waals surface area contributed by atoms with Crippen LogP contribution in [0.25, 0.3) is 72.0 Å². The molecule has 0 radical (unpaired) electrons. The number of benzene rings is 9. The Bertz CT molecular complexity index is 3590. The zero-order valence-electron chi connectivity index (χ0n) is 41.9. The van der Waals surface area contributed by atoms with Crippen molar-refractivity contribution in [3.63, 3.8) is 0 Å². The van der Waals surface area contributed by atoms with E-state index in [2.05, 4.69) is 273 Å². The van der Waals surface area contributed by atoms with Crippen molar-refractivity contribution in [2.75, 3.05) is 4.90 Å². The topological polar surface area (TPSA) is 8.17 Å². The predicted octanol–water partition coefficient (Wildman–Crippen LogP) is 18.8. The van der Waals surface area contributed by atoms with Gasteiger partial charge in [-0.1, -0.05) is 189 Å². The Morgan fingerprint density at radius 3 is 1.67 bits per heavy atom. The Labute approximate surface area is 409 Å². The molecule has 0 spiro atoms. The summed E-state index contributed by atoms with van der Waals surface area (Å²) in [7, 11) is 0. The van der Waals surface area contributed by atoms with E-state index in [4.69, 9.17) is 0 Å². The van der Waals surface area contributed by atoms with E-state index < -0.39 is 0 Å². The van der Waals surface area contributed by atoms with Crippen molar-refractivity contribution in [3.05, 3.63) is 228 Å². The Morgan fingerprint density at radius 2 is 0.971 bits per heavy atom. The standard InChI is InChI=1S/C67H62N2/c1-43-37-61(66(6,7)8)44(2)36-59(43)49-38-50(65(3,4)5)41-54(39-49)69-63-23-17-15-21-57(63)58-34-28-48(40-64(58)69)47-26-31-52(32-27-47)68(51-29-24-46(25-30-51)45-18-12-11-13-19-45)53-33-35-56-55-20-14-16-22-60(55)67(9,10)62(56)42-53/h11-42H,1-10H3. The van der Waals surface area contributed by atoms with Gasteiger partial charge in [-0.15, -0.1) is 0 Å². The van der Waals surface area contributed by atoms with Crippen molar-refractivity contribution < 1.29 is 0 Å². The van der Waals surface area contributed by atoms with E-state index in [-0.39, 0.29) is 16.2 Å². The van der Waals surface area contributed by atoms with Crippen LogP contribution < -0.4 is 4.90 Å². The number of hydrogen-bond acceptors (Lipinski definition) is 1. The molecule has 0 amide bonds. The van der Waals surface area contributed by atoms with Crippen molar-refractivity contribution in [2.45, 2.75) is 85.5 Å². The predicted molar refractivity (Wildman–Crippen MR) is 296 cm³/mol. The molecule has 1 heterocycles. The Balaban J connectivity index is 1.03. The molecule has 340 valence electrons. The number of rotatable bonds is 7. The van der Waals surface area contributed by atoms with Crippen molar-refractivity contribution in [1.82, 2.24) is 4.57 Å². The van der Waals surface area contributed by atoms with E-state index in [0.29, 0.717) is 0 Å². The van der Waals surface area contributed by atoms with Crippen molar-refractivity contribution in [2.24, 2.45) is 0 Å². The van der Waals surface area contributed by atoms with Gasteiger partial charge >= 0.3 is 0 Å². The summed E-state index contributed by atoms with van der Waals surface area (Å²) >= 11 is 0. The van der Waals surface area contributed by atoms with Gasteiger partial charge in [-0.25, -0.2) is 0 Å². The normalized spacial score (nSPS) is 13.2. The van der Waals surface area contributed by atoms with E-state index in [1.165, 1.54) is 105 Å². The number of para-hydroxylation sites is 1. The van der Waals surface area contributed by atoms with E-state index >= 15 is 0 Å². The minimum atomic E-state index is -0.110. The monoisotopic (exact) mass is 894 g/mol. The fraction of sp³-hybridized carbons (Fsp3) is 0.194. The Kier molecular flexibility index (Phi) is 10.5. The first-order valence-electron chi connectivity index (χ1n) is 24.7. The molecule has 1 aliphatic carbocycles. The molecule has 0 unspecified atom stereocenters. The first kappa shape index (κ1) is 44.1. The summed E-state index contributed by atoms with van der Waals surface area (Å²) in [4.78, 5) is 2.42. The molecule has 0 saturated heterocycles. The summed E-state index contributed by atoms with van der Waals surface area (Å²) in [6.45, 7) is 23.2. The largest absolute Gasteiger partial charge is 0.310 e. The quantitative estimate of drug-likeness (QED) is 0.155. The summed E-state index contributed by atoms with van der Waals surface area (Å²) in [5.41, 5.74) is 25.0. The van der Waals surface area contributed by atoms with Crippen molar-refractivity contribution in [1.29, 1.82) is 0 Å². The van der Waals surface area contributed by atoms with Crippen LogP contribution in [0.2, 0.25) is 0 Å². The highest BCUT2D eigenvalue weighted by Gasteiger charge is 2.36. The van der Waals surface area contributed by atoms with Gasteiger partial charge in [0.1, 0.15) is 0 Å². The molecule has 9 aromatic carbocycles. The number of hydrogen-bond donors (Lipinski definition) is 0. The summed E-state index contributed by atoms with van der Waals surface area (Å²) < 4.78 is 2.50. The van der Waals surface area contributed by atoms with Crippen LogP contribution in [0.5, 0.6) is 0 Å². The van der Waals surface area contributed by atoms with Gasteiger partial charge in [0.25, 0.3) is 0 Å². The third-order valence-electron chi connectivity index (χ3n) is 14.9. The lowest BCUT2D eigenvalue weighted by atomic mass is 9.80. The number of fused-ring (bicyclic) bond motifs is 6. The zero-order valence-corrected chi connectivity index (χ0v) is 41.9. The fourth-order valence-electron chi connectivity index (χ4n) is 11.2. The summed E-state index contributed by atoms with van der Waals surface area (Å²) in [5, 5.41) is 2.51. The van der Waals surface area contributed by atoms with Gasteiger partial charge in [-0.2, -0.15) is 0 Å². The number of nitrogens with zero attached hydrogens (tertiary/aromatic N) is 2. The maximum atomic E-state index is 2.50. The summed E-state index contributed by atoms with van der Waals surface area (Å²) in [6.07, 6.45) is 0. The number of aryl methyl sites for hydroxylation is 2. The van der Waals surface area contributed by atoms with E-state index in [0.717, 1.165) is 17.1 Å². The lowest BCUT2D eigenvalue weighted by Crippen LogP contribution is -2.16. The van der Waals surface area contributed by atoms with E-state index in [9.17, 15) is 0 Å². The van der Waals surface area contributed by atoms with Gasteiger partial charge in [0.2, 0.25) is 0 Å². The van der Waals surface area contributed by atoms with Crippen molar-refractivity contribution in [3.8, 4) is 50.2 Å². The highest BCUT2D eigenvalue weighted by atomic mass is 15.1. The van der Waals surface area contributed by atoms with Crippen LogP contribution in [0.1, 0.15) is 88.8 Å². The molecule has 0 atom stereocenters. The fourth-order valence-corrected chi connectivity index (χ4v) is 11.2. The van der Waals surface area contributed by atoms with Gasteiger partial charge < -0.3 is 9.47 Å². The lowest BCUT2D eigenvalue weighted by Gasteiger charge is -2.28. The smallest absolute Gasteiger partial charge is 0.0547 e. The minimum Gasteiger partial charge on any atom is -0.310 e. The summed E-state index contributed by atoms with van der Waals surface area (Å²) in [6, 6.07) is 72.8. The summed E-state index contributed by atoms with van der Waals surface area (Å²) in [5.74, 6) is 0. The van der Waals surface area contributed by atoms with Gasteiger partial charge in [-0.05, 0) is 163 Å². The maximum Gasteiger partial charge on any atom is 0.0547 e. The molecular weight excluding hydrogens is 833 g/mol. The molecular formula is C67H62N2. The molecule has 69 heavy (non-hydrogen) atoms. The maximum absolute atomic E-state index is 2.50. The van der Waals surface area contributed by atoms with Crippen LogP contribution in [0.4, 0.5) is 17.1 Å². The molecule has 0 bridgehead atoms. The van der Waals surface area contributed by atoms with E-state index in [1.807, 2.05) is 0 Å². The molecule has 0 aliphatic heterocycles. The minimum absolute atomic E-state index is 0.0520. The molecule has 0 N–H and O–H groups in total. The second-order valence-electron chi connectivity index (χ2n) is 22.0. The SMILES string of the molecule is Cc1cc(C(C)(C)C)c(C)cc1-c1cc(-n2c3ccccc3c3ccc(-c4ccc(N(c5ccc(-c6ccccc6)cc5)c5ccc6c(c5)C(C)(C)c5ccccc5-6)cc4)cc32)cc(C(C)(C)C)c1. The van der Waals surface area contributed by atoms with Crippen LogP contribution in [0.15, 0.2) is 194 Å². The Hall–Kier alpha value is -7.42. The second-order valence-corrected chi connectivity index (χ2v) is 22.0. The molecule has 1 aromatic heterocycles. The third kappa shape index (κ3) is 7.67. The molecule has 0 saturated carbocycles. The van der Waals surface area contributed by atoms with E-state index in [1.54, 1.807) is 0 Å². The lowest BCUT2D eigenvalue weighted by molar-refractivity contribution is 0.585. The second kappa shape index (κ2) is 16.4. The van der Waals surface area contributed by atoms with Gasteiger partial charge in [0.05, 0.1) is 11.0 Å². The molecule has 11 rings (SSSR count). The number of anilines is 3. The highest BCUT2D eigenvalue weighted by molar-refractivity contribution is 6.10.